The summed E-state index contributed by atoms with van der Waals surface area (Å²) in [7, 11) is 0. The zero-order chi connectivity index (χ0) is 21.3. The monoisotopic (exact) mass is 410 g/mol. The lowest BCUT2D eigenvalue weighted by Crippen LogP contribution is -2.00. The van der Waals surface area contributed by atoms with Crippen LogP contribution in [0.1, 0.15) is 0 Å². The first-order valence-corrected chi connectivity index (χ1v) is 10.5. The second kappa shape index (κ2) is 7.67. The summed E-state index contributed by atoms with van der Waals surface area (Å²) in [5.41, 5.74) is 5.35. The molecule has 4 aromatic carbocycles. The van der Waals surface area contributed by atoms with Crippen LogP contribution in [0.25, 0.3) is 56.0 Å². The molecule has 0 N–H and O–H groups in total. The van der Waals surface area contributed by atoms with Crippen LogP contribution >= 0.6 is 0 Å². The Morgan fingerprint density at radius 3 is 1.16 bits per heavy atom. The van der Waals surface area contributed by atoms with E-state index in [0.717, 1.165) is 44.3 Å². The Hall–Kier alpha value is -4.44. The molecule has 0 amide bonds. The molecule has 0 fully saturated rings. The molecule has 0 unspecified atom stereocenters. The molecule has 0 saturated carbocycles. The highest BCUT2D eigenvalue weighted by Crippen LogP contribution is 2.33. The molecule has 0 saturated heterocycles. The molecule has 6 rings (SSSR count). The van der Waals surface area contributed by atoms with Gasteiger partial charge in [0.2, 0.25) is 0 Å². The van der Waals surface area contributed by atoms with Gasteiger partial charge in [0, 0.05) is 21.9 Å². The predicted molar refractivity (Wildman–Crippen MR) is 129 cm³/mol. The van der Waals surface area contributed by atoms with Crippen molar-refractivity contribution in [3.05, 3.63) is 109 Å². The Kier molecular flexibility index (Phi) is 4.40. The molecular formula is C28H18N4. The van der Waals surface area contributed by atoms with Crippen LogP contribution in [0.3, 0.4) is 0 Å². The number of aromatic nitrogens is 4. The van der Waals surface area contributed by atoms with E-state index in [2.05, 4.69) is 12.1 Å². The van der Waals surface area contributed by atoms with Gasteiger partial charge in [0.1, 0.15) is 11.4 Å². The van der Waals surface area contributed by atoms with Crippen LogP contribution in [0, 0.1) is 0 Å². The van der Waals surface area contributed by atoms with Gasteiger partial charge in [-0.05, 0) is 12.1 Å². The summed E-state index contributed by atoms with van der Waals surface area (Å²) in [6.45, 7) is 0. The van der Waals surface area contributed by atoms with Crippen LogP contribution in [0.2, 0.25) is 0 Å². The number of para-hydroxylation sites is 2. The highest BCUT2D eigenvalue weighted by Gasteiger charge is 2.17. The minimum Gasteiger partial charge on any atom is -0.228 e. The van der Waals surface area contributed by atoms with Gasteiger partial charge < -0.3 is 0 Å². The van der Waals surface area contributed by atoms with Crippen LogP contribution in [-0.4, -0.2) is 19.9 Å². The summed E-state index contributed by atoms with van der Waals surface area (Å²) in [6, 6.07) is 36.3. The van der Waals surface area contributed by atoms with Gasteiger partial charge in [0.05, 0.1) is 11.0 Å². The summed E-state index contributed by atoms with van der Waals surface area (Å²) in [5, 5.41) is 1.94. The van der Waals surface area contributed by atoms with Crippen LogP contribution in [0.5, 0.6) is 0 Å². The number of fused-ring (bicyclic) bond motifs is 2. The van der Waals surface area contributed by atoms with E-state index in [1.807, 2.05) is 97.1 Å². The summed E-state index contributed by atoms with van der Waals surface area (Å²) < 4.78 is 0. The highest BCUT2D eigenvalue weighted by atomic mass is 14.9. The van der Waals surface area contributed by atoms with Crippen molar-refractivity contribution in [3.8, 4) is 34.2 Å². The average Bonchev–Trinajstić information content (AvgIpc) is 2.88. The fourth-order valence-corrected chi connectivity index (χ4v) is 3.95. The van der Waals surface area contributed by atoms with E-state index in [-0.39, 0.29) is 0 Å². The molecule has 0 aliphatic rings. The van der Waals surface area contributed by atoms with Crippen molar-refractivity contribution in [2.75, 3.05) is 0 Å². The quantitative estimate of drug-likeness (QED) is 0.331. The van der Waals surface area contributed by atoms with Gasteiger partial charge in [-0.15, -0.1) is 0 Å². The average molecular weight is 410 g/mol. The van der Waals surface area contributed by atoms with E-state index in [0.29, 0.717) is 11.6 Å². The van der Waals surface area contributed by atoms with E-state index < -0.39 is 0 Å². The van der Waals surface area contributed by atoms with Crippen LogP contribution in [-0.2, 0) is 0 Å². The molecule has 4 heteroatoms. The highest BCUT2D eigenvalue weighted by molar-refractivity contribution is 6.01. The van der Waals surface area contributed by atoms with Gasteiger partial charge in [-0.2, -0.15) is 0 Å². The largest absolute Gasteiger partial charge is 0.228 e. The second-order valence-electron chi connectivity index (χ2n) is 7.56. The van der Waals surface area contributed by atoms with Crippen LogP contribution in [0.4, 0.5) is 0 Å². The van der Waals surface area contributed by atoms with E-state index in [4.69, 9.17) is 19.9 Å². The zero-order valence-electron chi connectivity index (χ0n) is 17.2. The molecular weight excluding hydrogens is 392 g/mol. The molecule has 0 spiro atoms. The topological polar surface area (TPSA) is 51.6 Å². The van der Waals surface area contributed by atoms with Crippen molar-refractivity contribution in [1.29, 1.82) is 0 Å². The lowest BCUT2D eigenvalue weighted by atomic mass is 10.1. The van der Waals surface area contributed by atoms with Crippen molar-refractivity contribution in [3.63, 3.8) is 0 Å². The molecule has 0 radical (unpaired) electrons. The molecule has 0 aliphatic carbocycles. The molecule has 6 aromatic rings. The third-order valence-corrected chi connectivity index (χ3v) is 5.49. The van der Waals surface area contributed by atoms with Crippen LogP contribution in [0.15, 0.2) is 109 Å². The maximum Gasteiger partial charge on any atom is 0.160 e. The van der Waals surface area contributed by atoms with E-state index in [9.17, 15) is 0 Å². The van der Waals surface area contributed by atoms with Crippen molar-refractivity contribution in [2.45, 2.75) is 0 Å². The lowest BCUT2D eigenvalue weighted by molar-refractivity contribution is 1.18. The number of hydrogen-bond donors (Lipinski definition) is 0. The Morgan fingerprint density at radius 1 is 0.344 bits per heavy atom. The predicted octanol–water partition coefficient (Wildman–Crippen LogP) is 6.57. The number of benzene rings is 4. The van der Waals surface area contributed by atoms with Gasteiger partial charge in [0.15, 0.2) is 11.6 Å². The van der Waals surface area contributed by atoms with Crippen molar-refractivity contribution < 1.29 is 0 Å². The Bertz CT molecular complexity index is 1440. The van der Waals surface area contributed by atoms with Crippen LogP contribution < -0.4 is 0 Å². The lowest BCUT2D eigenvalue weighted by Gasteiger charge is -2.12. The molecule has 2 aromatic heterocycles. The van der Waals surface area contributed by atoms with Crippen molar-refractivity contribution in [2.24, 2.45) is 0 Å². The smallest absolute Gasteiger partial charge is 0.160 e. The first-order valence-electron chi connectivity index (χ1n) is 10.5. The normalized spacial score (nSPS) is 11.1. The number of rotatable bonds is 3. The molecule has 4 nitrogen and oxygen atoms in total. The van der Waals surface area contributed by atoms with Crippen molar-refractivity contribution in [1.82, 2.24) is 19.9 Å². The number of hydrogen-bond acceptors (Lipinski definition) is 4. The third-order valence-electron chi connectivity index (χ3n) is 5.49. The van der Waals surface area contributed by atoms with Gasteiger partial charge in [-0.3, -0.25) is 0 Å². The molecule has 0 aliphatic heterocycles. The maximum atomic E-state index is 5.02. The summed E-state index contributed by atoms with van der Waals surface area (Å²) in [6.07, 6.45) is 0. The van der Waals surface area contributed by atoms with Gasteiger partial charge in [0.25, 0.3) is 0 Å². The molecule has 0 bridgehead atoms. The van der Waals surface area contributed by atoms with Crippen molar-refractivity contribution >= 4 is 21.8 Å². The van der Waals surface area contributed by atoms with E-state index >= 15 is 0 Å². The first kappa shape index (κ1) is 18.3. The second-order valence-corrected chi connectivity index (χ2v) is 7.56. The first-order chi connectivity index (χ1) is 15.9. The standard InChI is InChI=1S/C28H18N4/c1-3-11-19(12-4-1)27-29-23-17-9-7-15-21(23)25(31-27)26-22-16-8-10-18-24(22)30-28(32-26)20-13-5-2-6-14-20/h1-18H. The minimum absolute atomic E-state index is 0.684. The summed E-state index contributed by atoms with van der Waals surface area (Å²) in [4.78, 5) is 19.7. The number of nitrogens with zero attached hydrogens (tertiary/aromatic N) is 4. The SMILES string of the molecule is c1ccc(-c2nc(-c3nc(-c4ccccc4)nc4ccccc34)c3ccccc3n2)cc1. The molecule has 32 heavy (non-hydrogen) atoms. The summed E-state index contributed by atoms with van der Waals surface area (Å²) >= 11 is 0. The third kappa shape index (κ3) is 3.19. The Balaban J connectivity index is 1.70. The Morgan fingerprint density at radius 2 is 0.719 bits per heavy atom. The van der Waals surface area contributed by atoms with Gasteiger partial charge in [-0.25, -0.2) is 19.9 Å². The Labute approximate surface area is 185 Å². The maximum absolute atomic E-state index is 5.02. The van der Waals surface area contributed by atoms with Gasteiger partial charge in [-0.1, -0.05) is 97.1 Å². The molecule has 150 valence electrons. The zero-order valence-corrected chi connectivity index (χ0v) is 17.2. The molecule has 2 heterocycles. The summed E-state index contributed by atoms with van der Waals surface area (Å²) in [5.74, 6) is 1.37. The van der Waals surface area contributed by atoms with Gasteiger partial charge >= 0.3 is 0 Å². The fourth-order valence-electron chi connectivity index (χ4n) is 3.95. The molecule has 0 atom stereocenters. The van der Waals surface area contributed by atoms with E-state index in [1.165, 1.54) is 0 Å². The van der Waals surface area contributed by atoms with E-state index in [1.54, 1.807) is 0 Å². The fraction of sp³-hybridized carbons (Fsp3) is 0. The minimum atomic E-state index is 0.684.